The Morgan fingerprint density at radius 2 is 2.14 bits per heavy atom. The zero-order valence-electron chi connectivity index (χ0n) is 12.6. The average Bonchev–Trinajstić information content (AvgIpc) is 3.15. The molecule has 1 aromatic heterocycles. The smallest absolute Gasteiger partial charge is 0.251 e. The Balaban J connectivity index is 1.76. The number of thiophene rings is 1. The minimum Gasteiger partial charge on any atom is -0.345 e. The van der Waals surface area contributed by atoms with Gasteiger partial charge in [0.15, 0.2) is 0 Å². The highest BCUT2D eigenvalue weighted by molar-refractivity contribution is 7.10. The summed E-state index contributed by atoms with van der Waals surface area (Å²) in [5.74, 6) is -0.0350. The second-order valence-electron chi connectivity index (χ2n) is 5.47. The topological polar surface area (TPSA) is 49.4 Å². The Bertz CT molecular complexity index is 709. The van der Waals surface area contributed by atoms with Crippen LogP contribution in [-0.2, 0) is 11.2 Å². The predicted octanol–water partition coefficient (Wildman–Crippen LogP) is 3.15. The van der Waals surface area contributed by atoms with E-state index >= 15 is 0 Å². The molecule has 0 saturated carbocycles. The van der Waals surface area contributed by atoms with E-state index in [1.807, 2.05) is 36.6 Å². The Kier molecular flexibility index (Phi) is 3.98. The molecule has 0 radical (unpaired) electrons. The Morgan fingerprint density at radius 1 is 1.32 bits per heavy atom. The summed E-state index contributed by atoms with van der Waals surface area (Å²) in [6.45, 7) is 4.24. The number of carbonyl (C=O) groups is 2. The summed E-state index contributed by atoms with van der Waals surface area (Å²) >= 11 is 1.63. The first-order valence-electron chi connectivity index (χ1n) is 7.31. The van der Waals surface area contributed by atoms with Crippen LogP contribution in [0.15, 0.2) is 35.7 Å². The third-order valence-corrected chi connectivity index (χ3v) is 4.99. The fourth-order valence-corrected chi connectivity index (χ4v) is 3.49. The van der Waals surface area contributed by atoms with Crippen molar-refractivity contribution in [1.29, 1.82) is 0 Å². The molecule has 0 saturated heterocycles. The average molecular weight is 314 g/mol. The summed E-state index contributed by atoms with van der Waals surface area (Å²) in [5.41, 5.74) is 2.63. The number of amides is 2. The van der Waals surface area contributed by atoms with Crippen LogP contribution in [0.1, 0.15) is 40.7 Å². The van der Waals surface area contributed by atoms with Crippen molar-refractivity contribution in [2.24, 2.45) is 0 Å². The highest BCUT2D eigenvalue weighted by atomic mass is 32.1. The summed E-state index contributed by atoms with van der Waals surface area (Å²) in [7, 11) is 0. The first-order valence-corrected chi connectivity index (χ1v) is 8.19. The predicted molar refractivity (Wildman–Crippen MR) is 88.4 cm³/mol. The maximum Gasteiger partial charge on any atom is 0.251 e. The molecule has 4 nitrogen and oxygen atoms in total. The van der Waals surface area contributed by atoms with Crippen molar-refractivity contribution in [3.05, 3.63) is 51.7 Å². The number of hydrogen-bond donors (Lipinski definition) is 1. The van der Waals surface area contributed by atoms with Crippen LogP contribution in [0.5, 0.6) is 0 Å². The minimum atomic E-state index is -0.0787. The molecule has 22 heavy (non-hydrogen) atoms. The number of rotatable bonds is 3. The van der Waals surface area contributed by atoms with Gasteiger partial charge in [0.05, 0.1) is 6.04 Å². The first-order chi connectivity index (χ1) is 10.6. The molecule has 5 heteroatoms. The Hall–Kier alpha value is -2.14. The molecule has 1 atom stereocenters. The van der Waals surface area contributed by atoms with Crippen LogP contribution in [0, 0.1) is 0 Å². The van der Waals surface area contributed by atoms with Crippen molar-refractivity contribution < 1.29 is 9.59 Å². The van der Waals surface area contributed by atoms with Gasteiger partial charge in [0, 0.05) is 29.6 Å². The van der Waals surface area contributed by atoms with Crippen LogP contribution in [0.2, 0.25) is 0 Å². The Morgan fingerprint density at radius 3 is 2.82 bits per heavy atom. The molecular weight excluding hydrogens is 296 g/mol. The van der Waals surface area contributed by atoms with Crippen LogP contribution in [-0.4, -0.2) is 18.4 Å². The lowest BCUT2D eigenvalue weighted by Gasteiger charge is -2.15. The first kappa shape index (κ1) is 14.8. The third-order valence-electron chi connectivity index (χ3n) is 3.93. The summed E-state index contributed by atoms with van der Waals surface area (Å²) < 4.78 is 0. The molecule has 1 aliphatic rings. The fraction of sp³-hybridized carbons (Fsp3) is 0.294. The third kappa shape index (κ3) is 2.76. The van der Waals surface area contributed by atoms with Crippen LogP contribution in [0.25, 0.3) is 0 Å². The lowest BCUT2D eigenvalue weighted by Crippen LogP contribution is -2.26. The quantitative estimate of drug-likeness (QED) is 0.946. The van der Waals surface area contributed by atoms with E-state index in [1.165, 1.54) is 0 Å². The van der Waals surface area contributed by atoms with Gasteiger partial charge >= 0.3 is 0 Å². The van der Waals surface area contributed by atoms with Crippen LogP contribution >= 0.6 is 11.3 Å². The molecule has 0 aliphatic carbocycles. The van der Waals surface area contributed by atoms with Gasteiger partial charge in [0.1, 0.15) is 0 Å². The minimum absolute atomic E-state index is 0.00512. The SMILES string of the molecule is CC(=O)N1CCc2cc(C(=O)N[C@@H](C)c3cccs3)ccc21. The molecule has 0 unspecified atom stereocenters. The molecule has 2 aromatic rings. The highest BCUT2D eigenvalue weighted by Gasteiger charge is 2.23. The van der Waals surface area contributed by atoms with Gasteiger partial charge in [-0.3, -0.25) is 9.59 Å². The summed E-state index contributed by atoms with van der Waals surface area (Å²) in [6.07, 6.45) is 0.802. The molecule has 0 bridgehead atoms. The molecular formula is C17H18N2O2S. The van der Waals surface area contributed by atoms with Gasteiger partial charge < -0.3 is 10.2 Å². The maximum absolute atomic E-state index is 12.4. The van der Waals surface area contributed by atoms with E-state index < -0.39 is 0 Å². The zero-order chi connectivity index (χ0) is 15.7. The van der Waals surface area contributed by atoms with Crippen molar-refractivity contribution in [3.63, 3.8) is 0 Å². The monoisotopic (exact) mass is 314 g/mol. The van der Waals surface area contributed by atoms with E-state index in [0.29, 0.717) is 12.1 Å². The number of nitrogens with zero attached hydrogens (tertiary/aromatic N) is 1. The molecule has 114 valence electrons. The molecule has 1 N–H and O–H groups in total. The molecule has 3 rings (SSSR count). The molecule has 1 aliphatic heterocycles. The van der Waals surface area contributed by atoms with Gasteiger partial charge in [-0.1, -0.05) is 6.07 Å². The van der Waals surface area contributed by atoms with E-state index in [4.69, 9.17) is 0 Å². The number of fused-ring (bicyclic) bond motifs is 1. The van der Waals surface area contributed by atoms with Gasteiger partial charge in [-0.15, -0.1) is 11.3 Å². The van der Waals surface area contributed by atoms with Gasteiger partial charge in [0.25, 0.3) is 5.91 Å². The molecule has 2 heterocycles. The van der Waals surface area contributed by atoms with Crippen molar-refractivity contribution >= 4 is 28.8 Å². The zero-order valence-corrected chi connectivity index (χ0v) is 13.4. The molecule has 2 amide bonds. The van der Waals surface area contributed by atoms with E-state index in [2.05, 4.69) is 5.32 Å². The summed E-state index contributed by atoms with van der Waals surface area (Å²) in [5, 5.41) is 5.02. The number of hydrogen-bond acceptors (Lipinski definition) is 3. The van der Waals surface area contributed by atoms with Gasteiger partial charge in [0.2, 0.25) is 5.91 Å². The van der Waals surface area contributed by atoms with Crippen molar-refractivity contribution in [2.45, 2.75) is 26.3 Å². The maximum atomic E-state index is 12.4. The molecule has 0 fully saturated rings. The normalized spacial score (nSPS) is 14.5. The van der Waals surface area contributed by atoms with Gasteiger partial charge in [-0.05, 0) is 48.6 Å². The fourth-order valence-electron chi connectivity index (χ4n) is 2.76. The number of benzene rings is 1. The van der Waals surface area contributed by atoms with Crippen molar-refractivity contribution in [1.82, 2.24) is 5.32 Å². The summed E-state index contributed by atoms with van der Waals surface area (Å²) in [6, 6.07) is 9.55. The summed E-state index contributed by atoms with van der Waals surface area (Å²) in [4.78, 5) is 26.8. The van der Waals surface area contributed by atoms with Crippen molar-refractivity contribution in [2.75, 3.05) is 11.4 Å². The Labute approximate surface area is 133 Å². The van der Waals surface area contributed by atoms with E-state index in [-0.39, 0.29) is 17.9 Å². The van der Waals surface area contributed by atoms with E-state index in [1.54, 1.807) is 29.2 Å². The second-order valence-corrected chi connectivity index (χ2v) is 6.45. The molecule has 1 aromatic carbocycles. The van der Waals surface area contributed by atoms with Crippen LogP contribution in [0.3, 0.4) is 0 Å². The van der Waals surface area contributed by atoms with Crippen LogP contribution < -0.4 is 10.2 Å². The van der Waals surface area contributed by atoms with Gasteiger partial charge in [-0.25, -0.2) is 0 Å². The van der Waals surface area contributed by atoms with Crippen LogP contribution in [0.4, 0.5) is 5.69 Å². The lowest BCUT2D eigenvalue weighted by molar-refractivity contribution is -0.116. The number of carbonyl (C=O) groups excluding carboxylic acids is 2. The van der Waals surface area contributed by atoms with E-state index in [9.17, 15) is 9.59 Å². The van der Waals surface area contributed by atoms with E-state index in [0.717, 1.165) is 22.5 Å². The van der Waals surface area contributed by atoms with Crippen molar-refractivity contribution in [3.8, 4) is 0 Å². The number of nitrogens with one attached hydrogen (secondary N) is 1. The highest BCUT2D eigenvalue weighted by Crippen LogP contribution is 2.29. The second kappa shape index (κ2) is 5.93. The van der Waals surface area contributed by atoms with Gasteiger partial charge in [-0.2, -0.15) is 0 Å². The number of anilines is 1. The standard InChI is InChI=1S/C17H18N2O2S/c1-11(16-4-3-9-22-16)18-17(21)14-5-6-15-13(10-14)7-8-19(15)12(2)20/h3-6,9-11H,7-8H2,1-2H3,(H,18,21)/t11-/m0/s1. The molecule has 0 spiro atoms. The lowest BCUT2D eigenvalue weighted by atomic mass is 10.1. The largest absolute Gasteiger partial charge is 0.345 e.